The van der Waals surface area contributed by atoms with Crippen LogP contribution in [0.3, 0.4) is 0 Å². The van der Waals surface area contributed by atoms with Crippen LogP contribution in [0.1, 0.15) is 28.3 Å². The standard InChI is InChI=1S/C28H27NO/c1-4-10-23(11-5-1)20-28(29-21-24-12-6-2-7-13-24)26-16-18-27(19-17-26)30-22-25-14-8-3-9-15-25/h1-19,28-29H,20-22H2/t28-/m1/s1. The zero-order chi connectivity index (χ0) is 20.4. The maximum Gasteiger partial charge on any atom is 0.119 e. The van der Waals surface area contributed by atoms with Crippen LogP contribution in [0.4, 0.5) is 0 Å². The summed E-state index contributed by atoms with van der Waals surface area (Å²) in [5, 5.41) is 3.74. The molecule has 4 aromatic rings. The molecule has 1 atom stereocenters. The molecule has 4 aromatic carbocycles. The van der Waals surface area contributed by atoms with Gasteiger partial charge in [-0.3, -0.25) is 0 Å². The molecule has 2 heteroatoms. The molecule has 0 aromatic heterocycles. The van der Waals surface area contributed by atoms with Crippen molar-refractivity contribution in [2.45, 2.75) is 25.6 Å². The van der Waals surface area contributed by atoms with Crippen molar-refractivity contribution in [3.8, 4) is 5.75 Å². The number of ether oxygens (including phenoxy) is 1. The fraction of sp³-hybridized carbons (Fsp3) is 0.143. The Bertz CT molecular complexity index is 999. The third kappa shape index (κ3) is 5.82. The van der Waals surface area contributed by atoms with Crippen LogP contribution in [0.15, 0.2) is 115 Å². The lowest BCUT2D eigenvalue weighted by molar-refractivity contribution is 0.306. The van der Waals surface area contributed by atoms with E-state index < -0.39 is 0 Å². The van der Waals surface area contributed by atoms with Gasteiger partial charge in [-0.15, -0.1) is 0 Å². The van der Waals surface area contributed by atoms with E-state index in [1.165, 1.54) is 22.3 Å². The molecule has 0 aliphatic rings. The van der Waals surface area contributed by atoms with Gasteiger partial charge in [-0.1, -0.05) is 103 Å². The molecule has 0 saturated carbocycles. The van der Waals surface area contributed by atoms with Gasteiger partial charge in [-0.05, 0) is 40.8 Å². The summed E-state index contributed by atoms with van der Waals surface area (Å²) >= 11 is 0. The van der Waals surface area contributed by atoms with Crippen molar-refractivity contribution in [1.82, 2.24) is 5.32 Å². The first-order chi connectivity index (χ1) is 14.9. The molecule has 2 nitrogen and oxygen atoms in total. The van der Waals surface area contributed by atoms with Gasteiger partial charge in [-0.2, -0.15) is 0 Å². The van der Waals surface area contributed by atoms with Gasteiger partial charge >= 0.3 is 0 Å². The van der Waals surface area contributed by atoms with E-state index in [4.69, 9.17) is 4.74 Å². The predicted molar refractivity (Wildman–Crippen MR) is 123 cm³/mol. The minimum absolute atomic E-state index is 0.232. The molecule has 0 aliphatic carbocycles. The Morgan fingerprint density at radius 2 is 1.10 bits per heavy atom. The van der Waals surface area contributed by atoms with Crippen LogP contribution < -0.4 is 10.1 Å². The minimum Gasteiger partial charge on any atom is -0.489 e. The molecule has 0 heterocycles. The third-order valence-electron chi connectivity index (χ3n) is 5.21. The van der Waals surface area contributed by atoms with Crippen molar-refractivity contribution in [3.63, 3.8) is 0 Å². The summed E-state index contributed by atoms with van der Waals surface area (Å²) in [4.78, 5) is 0. The summed E-state index contributed by atoms with van der Waals surface area (Å²) in [5.74, 6) is 0.893. The zero-order valence-corrected chi connectivity index (χ0v) is 17.1. The highest BCUT2D eigenvalue weighted by molar-refractivity contribution is 5.31. The van der Waals surface area contributed by atoms with Crippen LogP contribution >= 0.6 is 0 Å². The quantitative estimate of drug-likeness (QED) is 0.358. The number of hydrogen-bond donors (Lipinski definition) is 1. The second-order valence-corrected chi connectivity index (χ2v) is 7.45. The van der Waals surface area contributed by atoms with E-state index in [0.29, 0.717) is 6.61 Å². The van der Waals surface area contributed by atoms with Gasteiger partial charge in [0.2, 0.25) is 0 Å². The van der Waals surface area contributed by atoms with E-state index in [0.717, 1.165) is 18.7 Å². The summed E-state index contributed by atoms with van der Waals surface area (Å²) in [6.45, 7) is 1.42. The Balaban J connectivity index is 1.44. The minimum atomic E-state index is 0.232. The number of rotatable bonds is 9. The molecule has 150 valence electrons. The average Bonchev–Trinajstić information content (AvgIpc) is 2.83. The van der Waals surface area contributed by atoms with Gasteiger partial charge in [0, 0.05) is 12.6 Å². The summed E-state index contributed by atoms with van der Waals surface area (Å²) in [6.07, 6.45) is 0.942. The highest BCUT2D eigenvalue weighted by Gasteiger charge is 2.12. The molecule has 0 bridgehead atoms. The van der Waals surface area contributed by atoms with Crippen molar-refractivity contribution in [1.29, 1.82) is 0 Å². The molecule has 30 heavy (non-hydrogen) atoms. The van der Waals surface area contributed by atoms with Crippen LogP contribution in [0.2, 0.25) is 0 Å². The fourth-order valence-electron chi connectivity index (χ4n) is 3.53. The van der Waals surface area contributed by atoms with Crippen LogP contribution in [-0.2, 0) is 19.6 Å². The molecule has 4 rings (SSSR count). The topological polar surface area (TPSA) is 21.3 Å². The van der Waals surface area contributed by atoms with Gasteiger partial charge in [0.1, 0.15) is 12.4 Å². The second kappa shape index (κ2) is 10.4. The summed E-state index contributed by atoms with van der Waals surface area (Å²) in [7, 11) is 0. The Morgan fingerprint density at radius 1 is 0.567 bits per heavy atom. The Labute approximate surface area is 179 Å². The van der Waals surface area contributed by atoms with Crippen LogP contribution in [-0.4, -0.2) is 0 Å². The van der Waals surface area contributed by atoms with Gasteiger partial charge in [0.25, 0.3) is 0 Å². The van der Waals surface area contributed by atoms with Crippen LogP contribution in [0.25, 0.3) is 0 Å². The van der Waals surface area contributed by atoms with E-state index >= 15 is 0 Å². The summed E-state index contributed by atoms with van der Waals surface area (Å²) < 4.78 is 5.95. The SMILES string of the molecule is c1ccc(CN[C@H](Cc2ccccc2)c2ccc(OCc3ccccc3)cc2)cc1. The highest BCUT2D eigenvalue weighted by Crippen LogP contribution is 2.23. The smallest absolute Gasteiger partial charge is 0.119 e. The molecule has 0 saturated heterocycles. The monoisotopic (exact) mass is 393 g/mol. The largest absolute Gasteiger partial charge is 0.489 e. The van der Waals surface area contributed by atoms with Crippen molar-refractivity contribution < 1.29 is 4.74 Å². The van der Waals surface area contributed by atoms with Crippen molar-refractivity contribution in [3.05, 3.63) is 138 Å². The van der Waals surface area contributed by atoms with Gasteiger partial charge in [-0.25, -0.2) is 0 Å². The van der Waals surface area contributed by atoms with Gasteiger partial charge in [0.05, 0.1) is 0 Å². The molecular weight excluding hydrogens is 366 g/mol. The van der Waals surface area contributed by atoms with E-state index in [2.05, 4.69) is 102 Å². The lowest BCUT2D eigenvalue weighted by atomic mass is 9.98. The second-order valence-electron chi connectivity index (χ2n) is 7.45. The van der Waals surface area contributed by atoms with E-state index in [1.807, 2.05) is 18.2 Å². The summed E-state index contributed by atoms with van der Waals surface area (Å²) in [5.41, 5.74) is 5.06. The first-order valence-electron chi connectivity index (χ1n) is 10.4. The fourth-order valence-corrected chi connectivity index (χ4v) is 3.53. The maximum atomic E-state index is 5.95. The molecule has 0 spiro atoms. The molecule has 0 amide bonds. The lowest BCUT2D eigenvalue weighted by Gasteiger charge is -2.20. The first kappa shape index (κ1) is 19.9. The Morgan fingerprint density at radius 3 is 1.70 bits per heavy atom. The lowest BCUT2D eigenvalue weighted by Crippen LogP contribution is -2.23. The molecule has 1 N–H and O–H groups in total. The van der Waals surface area contributed by atoms with Gasteiger partial charge < -0.3 is 10.1 Å². The molecular formula is C28H27NO. The van der Waals surface area contributed by atoms with Crippen molar-refractivity contribution in [2.24, 2.45) is 0 Å². The average molecular weight is 394 g/mol. The molecule has 0 radical (unpaired) electrons. The molecule has 0 aliphatic heterocycles. The van der Waals surface area contributed by atoms with Crippen LogP contribution in [0.5, 0.6) is 5.75 Å². The van der Waals surface area contributed by atoms with E-state index in [9.17, 15) is 0 Å². The van der Waals surface area contributed by atoms with E-state index in [-0.39, 0.29) is 6.04 Å². The Kier molecular flexibility index (Phi) is 6.93. The normalized spacial score (nSPS) is 11.7. The van der Waals surface area contributed by atoms with Crippen molar-refractivity contribution in [2.75, 3.05) is 0 Å². The number of nitrogens with one attached hydrogen (secondary N) is 1. The third-order valence-corrected chi connectivity index (χ3v) is 5.21. The predicted octanol–water partition coefficient (Wildman–Crippen LogP) is 6.34. The van der Waals surface area contributed by atoms with Crippen LogP contribution in [0, 0.1) is 0 Å². The number of hydrogen-bond acceptors (Lipinski definition) is 2. The molecule has 0 fully saturated rings. The van der Waals surface area contributed by atoms with E-state index in [1.54, 1.807) is 0 Å². The first-order valence-corrected chi connectivity index (χ1v) is 10.4. The highest BCUT2D eigenvalue weighted by atomic mass is 16.5. The molecule has 0 unspecified atom stereocenters. The van der Waals surface area contributed by atoms with Gasteiger partial charge in [0.15, 0.2) is 0 Å². The zero-order valence-electron chi connectivity index (χ0n) is 17.1. The number of benzene rings is 4. The van der Waals surface area contributed by atoms with Crippen molar-refractivity contribution >= 4 is 0 Å². The maximum absolute atomic E-state index is 5.95. The summed E-state index contributed by atoms with van der Waals surface area (Å²) in [6, 6.07) is 40.2. The Hall–Kier alpha value is -3.36.